The van der Waals surface area contributed by atoms with E-state index in [1.807, 2.05) is 13.8 Å². The van der Waals surface area contributed by atoms with E-state index in [0.717, 1.165) is 18.0 Å². The zero-order valence-corrected chi connectivity index (χ0v) is 8.30. The van der Waals surface area contributed by atoms with Gasteiger partial charge in [0.1, 0.15) is 0 Å². The first-order chi connectivity index (χ1) is 5.29. The monoisotopic (exact) mass is 155 g/mol. The molecule has 0 spiro atoms. The van der Waals surface area contributed by atoms with Crippen LogP contribution in [0.25, 0.3) is 0 Å². The summed E-state index contributed by atoms with van der Waals surface area (Å²) in [7, 11) is 2.27. The molecule has 1 saturated carbocycles. The van der Waals surface area contributed by atoms with Crippen LogP contribution in [0.5, 0.6) is 0 Å². The van der Waals surface area contributed by atoms with Crippen LogP contribution in [0.2, 0.25) is 0 Å². The molecule has 1 saturated heterocycles. The normalized spacial score (nSPS) is 42.0. The largest absolute Gasteiger partial charge is 0.300 e. The molecule has 1 aliphatic heterocycles. The fourth-order valence-corrected chi connectivity index (χ4v) is 2.03. The Balaban J connectivity index is 0.000000281. The van der Waals surface area contributed by atoms with E-state index in [-0.39, 0.29) is 0 Å². The van der Waals surface area contributed by atoms with Gasteiger partial charge >= 0.3 is 0 Å². The average molecular weight is 155 g/mol. The molecule has 2 aliphatic rings. The van der Waals surface area contributed by atoms with E-state index in [0.29, 0.717) is 0 Å². The molecule has 1 aliphatic carbocycles. The molecule has 0 N–H and O–H groups in total. The number of piperidine rings is 1. The molecule has 1 heterocycles. The van der Waals surface area contributed by atoms with Crippen LogP contribution in [0.3, 0.4) is 0 Å². The highest BCUT2D eigenvalue weighted by molar-refractivity contribution is 4.99. The van der Waals surface area contributed by atoms with Gasteiger partial charge in [0.25, 0.3) is 0 Å². The predicted octanol–water partition coefficient (Wildman–Crippen LogP) is 2.52. The third kappa shape index (κ3) is 1.76. The van der Waals surface area contributed by atoms with Gasteiger partial charge in [-0.15, -0.1) is 0 Å². The van der Waals surface area contributed by atoms with Crippen LogP contribution >= 0.6 is 0 Å². The Kier molecular flexibility index (Phi) is 2.94. The van der Waals surface area contributed by atoms with Crippen LogP contribution in [0, 0.1) is 5.92 Å². The molecule has 66 valence electrons. The maximum Gasteiger partial charge on any atom is 0.0127 e. The van der Waals surface area contributed by atoms with Crippen molar-refractivity contribution in [3.8, 4) is 0 Å². The third-order valence-corrected chi connectivity index (χ3v) is 3.06. The van der Waals surface area contributed by atoms with Gasteiger partial charge in [-0.25, -0.2) is 0 Å². The lowest BCUT2D eigenvalue weighted by molar-refractivity contribution is 0.188. The molecule has 1 heteroatoms. The van der Waals surface area contributed by atoms with Crippen LogP contribution in [0.15, 0.2) is 0 Å². The molecule has 0 bridgehead atoms. The summed E-state index contributed by atoms with van der Waals surface area (Å²) in [6.07, 6.45) is 4.41. The minimum atomic E-state index is 0.855. The summed E-state index contributed by atoms with van der Waals surface area (Å²) in [5, 5.41) is 0. The van der Waals surface area contributed by atoms with Crippen molar-refractivity contribution in [3.63, 3.8) is 0 Å². The molecule has 0 aromatic heterocycles. The molecule has 0 amide bonds. The van der Waals surface area contributed by atoms with Crippen LogP contribution < -0.4 is 0 Å². The van der Waals surface area contributed by atoms with Crippen molar-refractivity contribution >= 4 is 0 Å². The Labute approximate surface area is 70.8 Å². The Morgan fingerprint density at radius 3 is 2.36 bits per heavy atom. The van der Waals surface area contributed by atoms with Gasteiger partial charge in [0, 0.05) is 12.1 Å². The number of rotatable bonds is 0. The summed E-state index contributed by atoms with van der Waals surface area (Å²) >= 11 is 0. The minimum Gasteiger partial charge on any atom is -0.300 e. The first kappa shape index (κ1) is 9.05. The second-order valence-electron chi connectivity index (χ2n) is 3.65. The van der Waals surface area contributed by atoms with E-state index in [2.05, 4.69) is 18.9 Å². The van der Waals surface area contributed by atoms with E-state index in [9.17, 15) is 0 Å². The lowest BCUT2D eigenvalue weighted by Crippen LogP contribution is -2.35. The molecule has 2 rings (SSSR count). The number of hydrogen-bond donors (Lipinski definition) is 0. The van der Waals surface area contributed by atoms with Gasteiger partial charge in [0.05, 0.1) is 0 Å². The van der Waals surface area contributed by atoms with Gasteiger partial charge < -0.3 is 4.90 Å². The fourth-order valence-electron chi connectivity index (χ4n) is 2.03. The highest BCUT2D eigenvalue weighted by Gasteiger charge is 2.44. The van der Waals surface area contributed by atoms with Gasteiger partial charge in [-0.2, -0.15) is 0 Å². The highest BCUT2D eigenvalue weighted by atomic mass is 15.2. The van der Waals surface area contributed by atoms with Crippen LogP contribution in [-0.2, 0) is 0 Å². The molecule has 11 heavy (non-hydrogen) atoms. The van der Waals surface area contributed by atoms with Crippen LogP contribution in [0.1, 0.15) is 40.0 Å². The summed E-state index contributed by atoms with van der Waals surface area (Å²) in [6.45, 7) is 6.34. The SMILES string of the molecule is CC.CC1CCC2CC2N1C. The molecule has 3 unspecified atom stereocenters. The summed E-state index contributed by atoms with van der Waals surface area (Å²) < 4.78 is 0. The summed E-state index contributed by atoms with van der Waals surface area (Å²) in [4.78, 5) is 2.55. The first-order valence-electron chi connectivity index (χ1n) is 5.01. The highest BCUT2D eigenvalue weighted by Crippen LogP contribution is 2.44. The predicted molar refractivity (Wildman–Crippen MR) is 49.7 cm³/mol. The molecule has 0 aromatic rings. The van der Waals surface area contributed by atoms with Crippen molar-refractivity contribution in [2.24, 2.45) is 5.92 Å². The van der Waals surface area contributed by atoms with Crippen molar-refractivity contribution in [1.29, 1.82) is 0 Å². The molecular weight excluding hydrogens is 134 g/mol. The van der Waals surface area contributed by atoms with Crippen molar-refractivity contribution < 1.29 is 0 Å². The maximum absolute atomic E-state index is 2.55. The zero-order valence-electron chi connectivity index (χ0n) is 8.30. The van der Waals surface area contributed by atoms with Gasteiger partial charge in [0.2, 0.25) is 0 Å². The van der Waals surface area contributed by atoms with Gasteiger partial charge in [0.15, 0.2) is 0 Å². The summed E-state index contributed by atoms with van der Waals surface area (Å²) in [5.74, 6) is 1.09. The average Bonchev–Trinajstić information content (AvgIpc) is 2.81. The molecule has 3 atom stereocenters. The van der Waals surface area contributed by atoms with E-state index in [4.69, 9.17) is 0 Å². The topological polar surface area (TPSA) is 3.24 Å². The first-order valence-corrected chi connectivity index (χ1v) is 5.01. The van der Waals surface area contributed by atoms with E-state index in [1.165, 1.54) is 19.3 Å². The van der Waals surface area contributed by atoms with Crippen molar-refractivity contribution in [3.05, 3.63) is 0 Å². The Bertz CT molecular complexity index is 120. The van der Waals surface area contributed by atoms with E-state index in [1.54, 1.807) is 0 Å². The lowest BCUT2D eigenvalue weighted by Gasteiger charge is -2.28. The molecule has 1 nitrogen and oxygen atoms in total. The number of likely N-dealkylation sites (tertiary alicyclic amines) is 1. The molecule has 0 radical (unpaired) electrons. The Hall–Kier alpha value is -0.0400. The minimum absolute atomic E-state index is 0.855. The number of hydrogen-bond acceptors (Lipinski definition) is 1. The Morgan fingerprint density at radius 1 is 1.18 bits per heavy atom. The van der Waals surface area contributed by atoms with E-state index >= 15 is 0 Å². The van der Waals surface area contributed by atoms with Crippen molar-refractivity contribution in [1.82, 2.24) is 4.90 Å². The second-order valence-corrected chi connectivity index (χ2v) is 3.65. The smallest absolute Gasteiger partial charge is 0.0127 e. The Morgan fingerprint density at radius 2 is 1.82 bits per heavy atom. The number of fused-ring (bicyclic) bond motifs is 1. The quantitative estimate of drug-likeness (QED) is 0.519. The summed E-state index contributed by atoms with van der Waals surface area (Å²) in [6, 6.07) is 1.84. The lowest BCUT2D eigenvalue weighted by atomic mass is 10.0. The molecule has 0 aromatic carbocycles. The van der Waals surface area contributed by atoms with Gasteiger partial charge in [-0.1, -0.05) is 13.8 Å². The van der Waals surface area contributed by atoms with Gasteiger partial charge in [-0.05, 0) is 39.2 Å². The zero-order chi connectivity index (χ0) is 8.43. The standard InChI is InChI=1S/C8H15N.C2H6/c1-6-3-4-7-5-8(7)9(6)2;1-2/h6-8H,3-5H2,1-2H3;1-2H3. The van der Waals surface area contributed by atoms with Gasteiger partial charge in [-0.3, -0.25) is 0 Å². The van der Waals surface area contributed by atoms with Crippen LogP contribution in [0.4, 0.5) is 0 Å². The number of nitrogens with zero attached hydrogens (tertiary/aromatic N) is 1. The summed E-state index contributed by atoms with van der Waals surface area (Å²) in [5.41, 5.74) is 0. The van der Waals surface area contributed by atoms with E-state index < -0.39 is 0 Å². The fraction of sp³-hybridized carbons (Fsp3) is 1.00. The van der Waals surface area contributed by atoms with Crippen molar-refractivity contribution in [2.45, 2.75) is 52.1 Å². The maximum atomic E-state index is 2.55. The van der Waals surface area contributed by atoms with Crippen molar-refractivity contribution in [2.75, 3.05) is 7.05 Å². The molecular formula is C10H21N. The molecule has 2 fully saturated rings. The van der Waals surface area contributed by atoms with Crippen LogP contribution in [-0.4, -0.2) is 24.0 Å². The third-order valence-electron chi connectivity index (χ3n) is 3.06. The second kappa shape index (κ2) is 3.57.